The fourth-order valence-electron chi connectivity index (χ4n) is 2.33. The molecular weight excluding hydrogens is 336 g/mol. The molecule has 2 aromatic heterocycles. The number of H-pyrrole nitrogens is 1. The zero-order valence-electron chi connectivity index (χ0n) is 12.6. The van der Waals surface area contributed by atoms with Crippen LogP contribution in [0, 0.1) is 17.1 Å². The number of imidazole rings is 1. The SMILES string of the molecule is N#Cc1ccnc(-c2[nH]c(CC(F)(F)F)nc2-c2ccc(F)cc2)c1. The van der Waals surface area contributed by atoms with Gasteiger partial charge in [-0.2, -0.15) is 18.4 Å². The van der Waals surface area contributed by atoms with Crippen molar-refractivity contribution in [3.05, 3.63) is 59.8 Å². The number of hydrogen-bond acceptors (Lipinski definition) is 3. The van der Waals surface area contributed by atoms with Gasteiger partial charge in [0.15, 0.2) is 0 Å². The fourth-order valence-corrected chi connectivity index (χ4v) is 2.33. The summed E-state index contributed by atoms with van der Waals surface area (Å²) in [5.41, 5.74) is 1.47. The van der Waals surface area contributed by atoms with Gasteiger partial charge in [0.05, 0.1) is 28.7 Å². The van der Waals surface area contributed by atoms with Gasteiger partial charge in [0.2, 0.25) is 0 Å². The lowest BCUT2D eigenvalue weighted by Gasteiger charge is -2.03. The number of halogens is 4. The standard InChI is InChI=1S/C17H10F4N4/c18-12-3-1-11(2-4-12)15-16(13-7-10(9-22)5-6-23-13)25-14(24-15)8-17(19,20)21/h1-7H,8H2,(H,24,25). The van der Waals surface area contributed by atoms with Crippen LogP contribution in [0.5, 0.6) is 0 Å². The van der Waals surface area contributed by atoms with E-state index in [1.54, 1.807) is 0 Å². The second-order valence-corrected chi connectivity index (χ2v) is 5.25. The lowest BCUT2D eigenvalue weighted by Crippen LogP contribution is -2.12. The number of hydrogen-bond donors (Lipinski definition) is 1. The van der Waals surface area contributed by atoms with E-state index in [1.807, 2.05) is 6.07 Å². The highest BCUT2D eigenvalue weighted by Gasteiger charge is 2.30. The van der Waals surface area contributed by atoms with Crippen molar-refractivity contribution in [1.82, 2.24) is 15.0 Å². The smallest absolute Gasteiger partial charge is 0.340 e. The summed E-state index contributed by atoms with van der Waals surface area (Å²) < 4.78 is 51.2. The number of rotatable bonds is 3. The van der Waals surface area contributed by atoms with Gasteiger partial charge in [-0.1, -0.05) is 0 Å². The molecule has 0 bridgehead atoms. The van der Waals surface area contributed by atoms with Crippen molar-refractivity contribution in [2.24, 2.45) is 0 Å². The molecule has 0 saturated heterocycles. The Hall–Kier alpha value is -3.21. The Kier molecular flexibility index (Phi) is 4.23. The first-order valence-electron chi connectivity index (χ1n) is 7.14. The van der Waals surface area contributed by atoms with Gasteiger partial charge in [0.25, 0.3) is 0 Å². The molecule has 4 nitrogen and oxygen atoms in total. The van der Waals surface area contributed by atoms with Crippen molar-refractivity contribution in [2.45, 2.75) is 12.6 Å². The Labute approximate surface area is 139 Å². The average molecular weight is 346 g/mol. The Balaban J connectivity index is 2.14. The van der Waals surface area contributed by atoms with Gasteiger partial charge in [-0.3, -0.25) is 4.98 Å². The van der Waals surface area contributed by atoms with Crippen molar-refractivity contribution in [3.63, 3.8) is 0 Å². The monoisotopic (exact) mass is 346 g/mol. The predicted molar refractivity (Wildman–Crippen MR) is 81.7 cm³/mol. The number of alkyl halides is 3. The fraction of sp³-hybridized carbons (Fsp3) is 0.118. The third-order valence-corrected chi connectivity index (χ3v) is 3.38. The van der Waals surface area contributed by atoms with Crippen LogP contribution in [0.4, 0.5) is 17.6 Å². The number of nitrogens with one attached hydrogen (secondary N) is 1. The molecule has 0 spiro atoms. The first-order valence-corrected chi connectivity index (χ1v) is 7.14. The van der Waals surface area contributed by atoms with Crippen LogP contribution in [-0.4, -0.2) is 21.1 Å². The largest absolute Gasteiger partial charge is 0.396 e. The Morgan fingerprint density at radius 2 is 1.84 bits per heavy atom. The normalized spacial score (nSPS) is 11.3. The zero-order valence-corrected chi connectivity index (χ0v) is 12.6. The summed E-state index contributed by atoms with van der Waals surface area (Å²) in [6.45, 7) is 0. The molecule has 1 aromatic carbocycles. The van der Waals surface area contributed by atoms with Gasteiger partial charge in [0.1, 0.15) is 18.1 Å². The van der Waals surface area contributed by atoms with Crippen LogP contribution < -0.4 is 0 Å². The summed E-state index contributed by atoms with van der Waals surface area (Å²) in [6.07, 6.45) is -4.29. The molecule has 0 aliphatic heterocycles. The summed E-state index contributed by atoms with van der Waals surface area (Å²) >= 11 is 0. The van der Waals surface area contributed by atoms with Crippen LogP contribution >= 0.6 is 0 Å². The maximum absolute atomic E-state index is 13.1. The third-order valence-electron chi connectivity index (χ3n) is 3.38. The number of aromatic nitrogens is 3. The quantitative estimate of drug-likeness (QED) is 0.721. The Bertz CT molecular complexity index is 937. The van der Waals surface area contributed by atoms with Crippen LogP contribution in [0.25, 0.3) is 22.6 Å². The number of aromatic amines is 1. The van der Waals surface area contributed by atoms with Crippen molar-refractivity contribution < 1.29 is 17.6 Å². The molecule has 3 rings (SSSR count). The minimum absolute atomic E-state index is 0.210. The molecule has 0 aliphatic rings. The Morgan fingerprint density at radius 1 is 1.12 bits per heavy atom. The van der Waals surface area contributed by atoms with Gasteiger partial charge in [0, 0.05) is 11.8 Å². The van der Waals surface area contributed by atoms with Crippen molar-refractivity contribution in [1.29, 1.82) is 5.26 Å². The molecule has 8 heteroatoms. The molecule has 0 aliphatic carbocycles. The van der Waals surface area contributed by atoms with E-state index in [9.17, 15) is 17.6 Å². The van der Waals surface area contributed by atoms with E-state index in [1.165, 1.54) is 42.6 Å². The highest BCUT2D eigenvalue weighted by Crippen LogP contribution is 2.31. The minimum Gasteiger partial charge on any atom is -0.340 e. The molecule has 0 fully saturated rings. The molecule has 1 N–H and O–H groups in total. The number of nitrogens with zero attached hydrogens (tertiary/aromatic N) is 3. The van der Waals surface area contributed by atoms with Crippen LogP contribution in [0.3, 0.4) is 0 Å². The van der Waals surface area contributed by atoms with Crippen LogP contribution in [0.1, 0.15) is 11.4 Å². The average Bonchev–Trinajstić information content (AvgIpc) is 2.97. The van der Waals surface area contributed by atoms with Gasteiger partial charge in [-0.15, -0.1) is 0 Å². The first-order chi connectivity index (χ1) is 11.9. The number of pyridine rings is 1. The van der Waals surface area contributed by atoms with Crippen LogP contribution in [-0.2, 0) is 6.42 Å². The maximum atomic E-state index is 13.1. The van der Waals surface area contributed by atoms with Gasteiger partial charge < -0.3 is 4.98 Å². The molecule has 25 heavy (non-hydrogen) atoms. The molecule has 2 heterocycles. The van der Waals surface area contributed by atoms with E-state index in [0.717, 1.165) is 0 Å². The van der Waals surface area contributed by atoms with Gasteiger partial charge >= 0.3 is 6.18 Å². The van der Waals surface area contributed by atoms with Crippen molar-refractivity contribution in [2.75, 3.05) is 0 Å². The van der Waals surface area contributed by atoms with Crippen molar-refractivity contribution in [3.8, 4) is 28.7 Å². The highest BCUT2D eigenvalue weighted by molar-refractivity contribution is 5.77. The van der Waals surface area contributed by atoms with Crippen LogP contribution in [0.2, 0.25) is 0 Å². The topological polar surface area (TPSA) is 65.4 Å². The van der Waals surface area contributed by atoms with Gasteiger partial charge in [-0.25, -0.2) is 9.37 Å². The lowest BCUT2D eigenvalue weighted by molar-refractivity contribution is -0.128. The van der Waals surface area contributed by atoms with E-state index >= 15 is 0 Å². The van der Waals surface area contributed by atoms with Crippen LogP contribution in [0.15, 0.2) is 42.6 Å². The molecule has 0 atom stereocenters. The minimum atomic E-state index is -4.43. The molecule has 0 radical (unpaired) electrons. The second-order valence-electron chi connectivity index (χ2n) is 5.25. The first kappa shape index (κ1) is 16.6. The summed E-state index contributed by atoms with van der Waals surface area (Å²) in [4.78, 5) is 10.7. The van der Waals surface area contributed by atoms with E-state index in [2.05, 4.69) is 15.0 Å². The number of benzene rings is 1. The van der Waals surface area contributed by atoms with E-state index in [0.29, 0.717) is 11.1 Å². The number of nitriles is 1. The molecule has 0 unspecified atom stereocenters. The molecule has 0 amide bonds. The predicted octanol–water partition coefficient (Wildman–Crippen LogP) is 4.25. The van der Waals surface area contributed by atoms with E-state index < -0.39 is 18.4 Å². The van der Waals surface area contributed by atoms with Crippen molar-refractivity contribution >= 4 is 0 Å². The maximum Gasteiger partial charge on any atom is 0.396 e. The van der Waals surface area contributed by atoms with Gasteiger partial charge in [-0.05, 0) is 36.4 Å². The summed E-state index contributed by atoms with van der Waals surface area (Å²) in [5.74, 6) is -0.757. The Morgan fingerprint density at radius 3 is 2.48 bits per heavy atom. The molecule has 0 saturated carbocycles. The summed E-state index contributed by atoms with van der Waals surface area (Å²) in [5, 5.41) is 8.99. The highest BCUT2D eigenvalue weighted by atomic mass is 19.4. The zero-order chi connectivity index (χ0) is 18.0. The molecular formula is C17H10F4N4. The molecule has 126 valence electrons. The summed E-state index contributed by atoms with van der Waals surface area (Å²) in [7, 11) is 0. The second kappa shape index (κ2) is 6.36. The van der Waals surface area contributed by atoms with E-state index in [4.69, 9.17) is 5.26 Å². The summed E-state index contributed by atoms with van der Waals surface area (Å²) in [6, 6.07) is 10.1. The molecule has 3 aromatic rings. The lowest BCUT2D eigenvalue weighted by atomic mass is 10.1. The van der Waals surface area contributed by atoms with E-state index in [-0.39, 0.29) is 22.9 Å². The third kappa shape index (κ3) is 3.83.